The maximum atomic E-state index is 13.9. The first-order valence-electron chi connectivity index (χ1n) is 14.0. The number of benzene rings is 3. The predicted molar refractivity (Wildman–Crippen MR) is 154 cm³/mol. The fourth-order valence-corrected chi connectivity index (χ4v) is 6.45. The number of nitrogens with zero attached hydrogens (tertiary/aromatic N) is 2. The van der Waals surface area contributed by atoms with Crippen LogP contribution in [0.3, 0.4) is 0 Å². The Labute approximate surface area is 248 Å². The molecule has 1 aliphatic rings. The lowest BCUT2D eigenvalue weighted by Crippen LogP contribution is -2.53. The quantitative estimate of drug-likeness (QED) is 0.286. The van der Waals surface area contributed by atoms with Gasteiger partial charge in [0.2, 0.25) is 11.8 Å². The molecule has 2 amide bonds. The summed E-state index contributed by atoms with van der Waals surface area (Å²) in [5.74, 6) is -1.78. The lowest BCUT2D eigenvalue weighted by molar-refractivity contribution is -0.139. The molecule has 7 nitrogen and oxygen atoms in total. The maximum absolute atomic E-state index is 13.9. The number of alkyl halides is 3. The van der Waals surface area contributed by atoms with E-state index in [1.165, 1.54) is 61.5 Å². The number of carbonyl (C=O) groups is 2. The van der Waals surface area contributed by atoms with E-state index in [1.807, 2.05) is 0 Å². The van der Waals surface area contributed by atoms with Gasteiger partial charge < -0.3 is 10.2 Å². The smallest absolute Gasteiger partial charge is 0.352 e. The van der Waals surface area contributed by atoms with Crippen molar-refractivity contribution in [3.63, 3.8) is 0 Å². The first-order chi connectivity index (χ1) is 20.4. The number of anilines is 1. The predicted octanol–water partition coefficient (Wildman–Crippen LogP) is 5.91. The zero-order valence-electron chi connectivity index (χ0n) is 23.6. The van der Waals surface area contributed by atoms with Crippen LogP contribution < -0.4 is 9.62 Å². The largest absolute Gasteiger partial charge is 0.416 e. The van der Waals surface area contributed by atoms with Crippen molar-refractivity contribution < 1.29 is 35.6 Å². The maximum Gasteiger partial charge on any atom is 0.416 e. The molecule has 12 heteroatoms. The fraction of sp³-hybridized carbons (Fsp3) is 0.355. The molecule has 0 heterocycles. The average Bonchev–Trinajstić information content (AvgIpc) is 2.99. The lowest BCUT2D eigenvalue weighted by atomic mass is 9.95. The highest BCUT2D eigenvalue weighted by Gasteiger charge is 2.35. The molecule has 230 valence electrons. The third-order valence-corrected chi connectivity index (χ3v) is 9.24. The highest BCUT2D eigenvalue weighted by molar-refractivity contribution is 7.92. The molecule has 0 aromatic heterocycles. The lowest BCUT2D eigenvalue weighted by Gasteiger charge is -2.33. The van der Waals surface area contributed by atoms with Gasteiger partial charge in [-0.1, -0.05) is 55.7 Å². The van der Waals surface area contributed by atoms with Crippen LogP contribution in [0.25, 0.3) is 0 Å². The fourth-order valence-electron chi connectivity index (χ4n) is 5.02. The average molecular weight is 620 g/mol. The molecule has 0 saturated heterocycles. The molecule has 1 fully saturated rings. The second kappa shape index (κ2) is 13.6. The molecule has 1 aliphatic carbocycles. The zero-order chi connectivity index (χ0) is 31.2. The number of halogens is 4. The van der Waals surface area contributed by atoms with E-state index in [-0.39, 0.29) is 23.2 Å². The molecular formula is C31H33F4N3O4S. The topological polar surface area (TPSA) is 86.8 Å². The normalized spacial score (nSPS) is 15.0. The van der Waals surface area contributed by atoms with Crippen LogP contribution in [0.5, 0.6) is 0 Å². The van der Waals surface area contributed by atoms with E-state index >= 15 is 0 Å². The van der Waals surface area contributed by atoms with Gasteiger partial charge >= 0.3 is 6.18 Å². The summed E-state index contributed by atoms with van der Waals surface area (Å²) in [5.41, 5.74) is -0.981. The van der Waals surface area contributed by atoms with Gasteiger partial charge in [0.15, 0.2) is 0 Å². The van der Waals surface area contributed by atoms with Crippen molar-refractivity contribution in [3.05, 3.63) is 95.8 Å². The van der Waals surface area contributed by atoms with Crippen molar-refractivity contribution in [2.45, 2.75) is 68.7 Å². The Bertz CT molecular complexity index is 1510. The zero-order valence-corrected chi connectivity index (χ0v) is 24.4. The summed E-state index contributed by atoms with van der Waals surface area (Å²) in [6.07, 6.45) is -0.186. The van der Waals surface area contributed by atoms with E-state index in [1.54, 1.807) is 6.07 Å². The number of carbonyl (C=O) groups excluding carboxylic acids is 2. The van der Waals surface area contributed by atoms with E-state index in [0.717, 1.165) is 49.1 Å². The highest BCUT2D eigenvalue weighted by Crippen LogP contribution is 2.33. The Morgan fingerprint density at radius 3 is 2.21 bits per heavy atom. The molecule has 0 spiro atoms. The summed E-state index contributed by atoms with van der Waals surface area (Å²) in [7, 11) is -4.52. The van der Waals surface area contributed by atoms with Gasteiger partial charge in [-0.2, -0.15) is 13.2 Å². The molecule has 3 aromatic rings. The molecule has 1 saturated carbocycles. The van der Waals surface area contributed by atoms with E-state index < -0.39 is 52.0 Å². The molecular weight excluding hydrogens is 586 g/mol. The molecule has 0 radical (unpaired) electrons. The third kappa shape index (κ3) is 8.13. The van der Waals surface area contributed by atoms with Crippen LogP contribution in [0.2, 0.25) is 0 Å². The van der Waals surface area contributed by atoms with Gasteiger partial charge in [-0.25, -0.2) is 12.8 Å². The summed E-state index contributed by atoms with van der Waals surface area (Å²) in [6, 6.07) is 14.9. The molecule has 0 unspecified atom stereocenters. The van der Waals surface area contributed by atoms with Crippen molar-refractivity contribution in [1.82, 2.24) is 10.2 Å². The van der Waals surface area contributed by atoms with Crippen LogP contribution in [-0.4, -0.2) is 43.8 Å². The SMILES string of the molecule is C[C@@H](C(=O)NC1CCCCC1)N(Cc1ccc(F)cc1)C(=O)CN(c1cccc(C(F)(F)F)c1)S(=O)(=O)c1ccccc1. The van der Waals surface area contributed by atoms with E-state index in [2.05, 4.69) is 5.32 Å². The van der Waals surface area contributed by atoms with Crippen LogP contribution >= 0.6 is 0 Å². The number of hydrogen-bond acceptors (Lipinski definition) is 4. The third-order valence-electron chi connectivity index (χ3n) is 7.46. The van der Waals surface area contributed by atoms with Crippen LogP contribution in [-0.2, 0) is 32.3 Å². The van der Waals surface area contributed by atoms with Crippen LogP contribution in [0, 0.1) is 5.82 Å². The molecule has 1 atom stereocenters. The van der Waals surface area contributed by atoms with E-state index in [0.29, 0.717) is 15.9 Å². The Hall–Kier alpha value is -3.93. The molecule has 3 aromatic carbocycles. The minimum Gasteiger partial charge on any atom is -0.352 e. The first-order valence-corrected chi connectivity index (χ1v) is 15.4. The van der Waals surface area contributed by atoms with Gasteiger partial charge in [0.05, 0.1) is 16.1 Å². The first kappa shape index (κ1) is 32.0. The van der Waals surface area contributed by atoms with Gasteiger partial charge in [-0.3, -0.25) is 13.9 Å². The molecule has 0 bridgehead atoms. The number of nitrogens with one attached hydrogen (secondary N) is 1. The Morgan fingerprint density at radius 1 is 0.930 bits per heavy atom. The van der Waals surface area contributed by atoms with Crippen molar-refractivity contribution >= 4 is 27.5 Å². The monoisotopic (exact) mass is 619 g/mol. The Morgan fingerprint density at radius 2 is 1.58 bits per heavy atom. The summed E-state index contributed by atoms with van der Waals surface area (Å²) in [4.78, 5) is 28.2. The second-order valence-electron chi connectivity index (χ2n) is 10.5. The molecule has 43 heavy (non-hydrogen) atoms. The summed E-state index contributed by atoms with van der Waals surface area (Å²) in [5, 5.41) is 2.96. The van der Waals surface area contributed by atoms with Crippen LogP contribution in [0.1, 0.15) is 50.2 Å². The van der Waals surface area contributed by atoms with Crippen LogP contribution in [0.4, 0.5) is 23.2 Å². The minimum absolute atomic E-state index is 0.0634. The van der Waals surface area contributed by atoms with Gasteiger partial charge in [0, 0.05) is 12.6 Å². The Kier molecular flexibility index (Phi) is 10.1. The van der Waals surface area contributed by atoms with Crippen LogP contribution in [0.15, 0.2) is 83.8 Å². The van der Waals surface area contributed by atoms with Gasteiger partial charge in [0.1, 0.15) is 18.4 Å². The van der Waals surface area contributed by atoms with Gasteiger partial charge in [0.25, 0.3) is 10.0 Å². The molecule has 0 aliphatic heterocycles. The second-order valence-corrected chi connectivity index (χ2v) is 12.4. The Balaban J connectivity index is 1.71. The summed E-state index contributed by atoms with van der Waals surface area (Å²) in [6.45, 7) is 0.445. The van der Waals surface area contributed by atoms with Crippen molar-refractivity contribution in [2.24, 2.45) is 0 Å². The number of sulfonamides is 1. The van der Waals surface area contributed by atoms with E-state index in [4.69, 9.17) is 0 Å². The molecule has 1 N–H and O–H groups in total. The van der Waals surface area contributed by atoms with Crippen molar-refractivity contribution in [3.8, 4) is 0 Å². The van der Waals surface area contributed by atoms with Crippen molar-refractivity contribution in [2.75, 3.05) is 10.8 Å². The van der Waals surface area contributed by atoms with Crippen molar-refractivity contribution in [1.29, 1.82) is 0 Å². The summed E-state index contributed by atoms with van der Waals surface area (Å²) >= 11 is 0. The summed E-state index contributed by atoms with van der Waals surface area (Å²) < 4.78 is 82.5. The minimum atomic E-state index is -4.76. The molecule has 4 rings (SSSR count). The number of hydrogen-bond donors (Lipinski definition) is 1. The number of amides is 2. The van der Waals surface area contributed by atoms with E-state index in [9.17, 15) is 35.6 Å². The standard InChI is InChI=1S/C31H33F4N3O4S/c1-22(30(40)36-26-10-4-2-5-11-26)37(20-23-15-17-25(32)18-16-23)29(39)21-38(43(41,42)28-13-6-3-7-14-28)27-12-8-9-24(19-27)31(33,34)35/h3,6-9,12-19,22,26H,2,4-5,10-11,20-21H2,1H3,(H,36,40)/t22-/m0/s1. The highest BCUT2D eigenvalue weighted by atomic mass is 32.2. The van der Waals surface area contributed by atoms with Gasteiger partial charge in [-0.15, -0.1) is 0 Å². The number of rotatable bonds is 10. The van der Waals surface area contributed by atoms with Gasteiger partial charge in [-0.05, 0) is 67.8 Å².